The summed E-state index contributed by atoms with van der Waals surface area (Å²) in [7, 11) is 2.12. The number of fused-ring (bicyclic) bond motifs is 4. The number of nitrogen functional groups attached to an aromatic ring is 1. The second kappa shape index (κ2) is 8.29. The van der Waals surface area contributed by atoms with Crippen LogP contribution in [0.3, 0.4) is 0 Å². The first-order valence-corrected chi connectivity index (χ1v) is 15.2. The zero-order chi connectivity index (χ0) is 25.1. The van der Waals surface area contributed by atoms with E-state index >= 15 is 0 Å². The summed E-state index contributed by atoms with van der Waals surface area (Å²) in [6.07, 6.45) is 1.68. The number of ether oxygens (including phenoxy) is 1. The first-order chi connectivity index (χ1) is 16.5. The fraction of sp³-hybridized carbons (Fsp3) is 0.269. The molecule has 4 aromatic rings. The van der Waals surface area contributed by atoms with Gasteiger partial charge in [0.15, 0.2) is 0 Å². The number of aromatic nitrogens is 3. The molecule has 1 unspecified atom stereocenters. The van der Waals surface area contributed by atoms with Crippen LogP contribution in [0, 0.1) is 11.5 Å². The molecule has 1 aliphatic heterocycles. The Hall–Kier alpha value is -3.54. The van der Waals surface area contributed by atoms with Crippen LogP contribution < -0.4 is 10.5 Å². The molecule has 0 saturated heterocycles. The molecule has 0 bridgehead atoms. The molecule has 0 fully saturated rings. The largest absolute Gasteiger partial charge is 0.491 e. The molecule has 7 nitrogen and oxygen atoms in total. The van der Waals surface area contributed by atoms with E-state index in [1.807, 2.05) is 25.2 Å². The Kier molecular flexibility index (Phi) is 5.50. The van der Waals surface area contributed by atoms with Gasteiger partial charge in [0, 0.05) is 30.6 Å². The highest BCUT2D eigenvalue weighted by Crippen LogP contribution is 2.38. The Morgan fingerprint density at radius 1 is 1.26 bits per heavy atom. The summed E-state index contributed by atoms with van der Waals surface area (Å²) in [6, 6.07) is 9.17. The lowest BCUT2D eigenvalue weighted by Crippen LogP contribution is -2.32. The molecule has 0 saturated carbocycles. The third kappa shape index (κ3) is 4.11. The molecule has 5 rings (SSSR count). The third-order valence-electron chi connectivity index (χ3n) is 6.17. The van der Waals surface area contributed by atoms with Gasteiger partial charge in [-0.05, 0) is 24.3 Å². The van der Waals surface area contributed by atoms with Gasteiger partial charge in [0.05, 0.1) is 39.2 Å². The van der Waals surface area contributed by atoms with E-state index in [9.17, 15) is 4.79 Å². The highest BCUT2D eigenvalue weighted by atomic mass is 35.5. The second-order valence-corrected chi connectivity index (χ2v) is 15.0. The maximum Gasteiger partial charge on any atom is 0.255 e. The van der Waals surface area contributed by atoms with Crippen LogP contribution in [0.1, 0.15) is 27.5 Å². The minimum Gasteiger partial charge on any atom is -0.491 e. The van der Waals surface area contributed by atoms with Crippen molar-refractivity contribution in [3.8, 4) is 17.2 Å². The van der Waals surface area contributed by atoms with E-state index in [0.717, 1.165) is 33.2 Å². The quantitative estimate of drug-likeness (QED) is 0.314. The van der Waals surface area contributed by atoms with Crippen molar-refractivity contribution < 1.29 is 9.53 Å². The maximum absolute atomic E-state index is 13.6. The lowest BCUT2D eigenvalue weighted by molar-refractivity contribution is 0.0709. The van der Waals surface area contributed by atoms with E-state index in [4.69, 9.17) is 22.1 Å². The molecule has 1 aliphatic rings. The van der Waals surface area contributed by atoms with Gasteiger partial charge in [-0.25, -0.2) is 4.98 Å². The van der Waals surface area contributed by atoms with Crippen LogP contribution in [0.15, 0.2) is 36.5 Å². The molecule has 0 radical (unpaired) electrons. The van der Waals surface area contributed by atoms with Crippen LogP contribution >= 0.6 is 11.6 Å². The standard InChI is InChI=1S/C26H26ClN5O2Si/c1-31(22-14-34-23-10-15(6-7-16(22)23)8-9-35(3,4)5)26(33)17-11-18-21(12-20(17)27)30-25(28)19-13-29-32(2)24(18)19/h6-7,10-13,22H,14H2,1-5H3,(H2,28,30). The molecular weight excluding hydrogens is 478 g/mol. The lowest BCUT2D eigenvalue weighted by Gasteiger charge is -2.24. The number of amides is 1. The fourth-order valence-electron chi connectivity index (χ4n) is 4.33. The molecule has 0 aliphatic carbocycles. The number of nitrogens with zero attached hydrogens (tertiary/aromatic N) is 4. The molecule has 1 atom stereocenters. The molecule has 0 spiro atoms. The normalized spacial score (nSPS) is 15.0. The molecule has 1 amide bonds. The Bertz CT molecular complexity index is 1580. The number of likely N-dealkylation sites (N-methyl/N-ethyl adjacent to an activating group) is 1. The molecule has 35 heavy (non-hydrogen) atoms. The smallest absolute Gasteiger partial charge is 0.255 e. The number of hydrogen-bond acceptors (Lipinski definition) is 5. The van der Waals surface area contributed by atoms with E-state index in [0.29, 0.717) is 28.5 Å². The maximum atomic E-state index is 13.6. The number of pyridine rings is 1. The number of rotatable bonds is 2. The van der Waals surface area contributed by atoms with Crippen LogP contribution in [0.5, 0.6) is 5.75 Å². The van der Waals surface area contributed by atoms with Crippen LogP contribution in [0.2, 0.25) is 24.7 Å². The number of carbonyl (C=O) groups excluding carboxylic acids is 1. The van der Waals surface area contributed by atoms with Crippen molar-refractivity contribution in [3.05, 3.63) is 58.2 Å². The van der Waals surface area contributed by atoms with Gasteiger partial charge >= 0.3 is 0 Å². The predicted octanol–water partition coefficient (Wildman–Crippen LogP) is 4.79. The Labute approximate surface area is 209 Å². The molecule has 3 heterocycles. The van der Waals surface area contributed by atoms with Gasteiger partial charge in [-0.3, -0.25) is 9.48 Å². The average molecular weight is 504 g/mol. The molecule has 2 N–H and O–H groups in total. The Balaban J connectivity index is 1.50. The molecule has 178 valence electrons. The van der Waals surface area contributed by atoms with Crippen molar-refractivity contribution in [2.75, 3.05) is 19.4 Å². The Morgan fingerprint density at radius 2 is 2.03 bits per heavy atom. The van der Waals surface area contributed by atoms with Crippen molar-refractivity contribution in [1.29, 1.82) is 0 Å². The molecule has 2 aromatic heterocycles. The van der Waals surface area contributed by atoms with Crippen molar-refractivity contribution in [2.45, 2.75) is 25.7 Å². The van der Waals surface area contributed by atoms with Gasteiger partial charge in [-0.15, -0.1) is 5.54 Å². The van der Waals surface area contributed by atoms with Crippen LogP contribution in [0.4, 0.5) is 5.82 Å². The molecule has 2 aromatic carbocycles. The summed E-state index contributed by atoms with van der Waals surface area (Å²) in [6.45, 7) is 7.01. The van der Waals surface area contributed by atoms with E-state index in [-0.39, 0.29) is 11.9 Å². The monoisotopic (exact) mass is 503 g/mol. The van der Waals surface area contributed by atoms with E-state index in [1.165, 1.54) is 0 Å². The zero-order valence-electron chi connectivity index (χ0n) is 20.3. The number of carbonyl (C=O) groups is 1. The van der Waals surface area contributed by atoms with E-state index in [2.05, 4.69) is 41.2 Å². The van der Waals surface area contributed by atoms with Gasteiger partial charge in [0.2, 0.25) is 0 Å². The fourth-order valence-corrected chi connectivity index (χ4v) is 5.08. The Morgan fingerprint density at radius 3 is 2.77 bits per heavy atom. The SMILES string of the molecule is CN(C(=O)c1cc2c(cc1Cl)nc(N)c1cnn(C)c12)C1COc2cc(C#C[Si](C)(C)C)ccc21. The molecule has 9 heteroatoms. The van der Waals surface area contributed by atoms with Crippen LogP contribution in [-0.4, -0.2) is 47.3 Å². The van der Waals surface area contributed by atoms with Crippen LogP contribution in [-0.2, 0) is 7.05 Å². The highest BCUT2D eigenvalue weighted by molar-refractivity contribution is 6.83. The summed E-state index contributed by atoms with van der Waals surface area (Å²) in [5, 5.41) is 6.13. The highest BCUT2D eigenvalue weighted by Gasteiger charge is 2.32. The summed E-state index contributed by atoms with van der Waals surface area (Å²) < 4.78 is 7.68. The van der Waals surface area contributed by atoms with Crippen LogP contribution in [0.25, 0.3) is 21.8 Å². The van der Waals surface area contributed by atoms with Crippen molar-refractivity contribution in [2.24, 2.45) is 7.05 Å². The summed E-state index contributed by atoms with van der Waals surface area (Å²) in [5.74, 6) is 4.20. The van der Waals surface area contributed by atoms with Gasteiger partial charge < -0.3 is 15.4 Å². The first kappa shape index (κ1) is 23.2. The van der Waals surface area contributed by atoms with Crippen molar-refractivity contribution in [3.63, 3.8) is 0 Å². The second-order valence-electron chi connectivity index (χ2n) is 9.87. The van der Waals surface area contributed by atoms with Crippen molar-refractivity contribution >= 4 is 53.2 Å². The predicted molar refractivity (Wildman–Crippen MR) is 142 cm³/mol. The average Bonchev–Trinajstić information content (AvgIpc) is 3.40. The summed E-state index contributed by atoms with van der Waals surface area (Å²) >= 11 is 6.56. The summed E-state index contributed by atoms with van der Waals surface area (Å²) in [5.41, 5.74) is 13.2. The number of benzene rings is 2. The van der Waals surface area contributed by atoms with Gasteiger partial charge in [-0.2, -0.15) is 5.10 Å². The molecular formula is C26H26ClN5O2Si. The van der Waals surface area contributed by atoms with Gasteiger partial charge in [0.25, 0.3) is 5.91 Å². The lowest BCUT2D eigenvalue weighted by atomic mass is 10.0. The van der Waals surface area contributed by atoms with E-state index < -0.39 is 8.07 Å². The summed E-state index contributed by atoms with van der Waals surface area (Å²) in [4.78, 5) is 19.7. The number of halogens is 1. The zero-order valence-corrected chi connectivity index (χ0v) is 22.1. The van der Waals surface area contributed by atoms with Gasteiger partial charge in [0.1, 0.15) is 26.2 Å². The topological polar surface area (TPSA) is 86.3 Å². The minimum absolute atomic E-state index is 0.201. The number of nitrogens with two attached hydrogens (primary N) is 1. The van der Waals surface area contributed by atoms with E-state index in [1.54, 1.807) is 35.0 Å². The number of aryl methyl sites for hydroxylation is 1. The first-order valence-electron chi connectivity index (χ1n) is 11.3. The number of anilines is 1. The van der Waals surface area contributed by atoms with Crippen molar-refractivity contribution in [1.82, 2.24) is 19.7 Å². The minimum atomic E-state index is -1.48. The third-order valence-corrected chi connectivity index (χ3v) is 7.35. The number of hydrogen-bond donors (Lipinski definition) is 1. The van der Waals surface area contributed by atoms with Gasteiger partial charge in [-0.1, -0.05) is 43.2 Å².